The van der Waals surface area contributed by atoms with Gasteiger partial charge in [0.05, 0.1) is 0 Å². The molecular formula is C22H37N3O2. The van der Waals surface area contributed by atoms with Gasteiger partial charge in [0.1, 0.15) is 11.4 Å². The molecule has 1 fully saturated rings. The van der Waals surface area contributed by atoms with E-state index in [4.69, 9.17) is 4.74 Å². The second-order valence-electron chi connectivity index (χ2n) is 8.60. The fourth-order valence-electron chi connectivity index (χ4n) is 3.65. The normalized spacial score (nSPS) is 19.6. The summed E-state index contributed by atoms with van der Waals surface area (Å²) >= 11 is 0. The number of likely N-dealkylation sites (tertiary alicyclic amines) is 1. The summed E-state index contributed by atoms with van der Waals surface area (Å²) < 4.78 is 5.61. The Morgan fingerprint density at radius 2 is 2.07 bits per heavy atom. The zero-order valence-corrected chi connectivity index (χ0v) is 18.0. The summed E-state index contributed by atoms with van der Waals surface area (Å²) in [4.78, 5) is 21.7. The first-order valence-electron chi connectivity index (χ1n) is 10.5. The summed E-state index contributed by atoms with van der Waals surface area (Å²) in [5.74, 6) is 0.667. The number of piperidine rings is 1. The van der Waals surface area contributed by atoms with Crippen LogP contribution in [0.5, 0.6) is 0 Å². The van der Waals surface area contributed by atoms with Crippen molar-refractivity contribution in [1.82, 2.24) is 9.88 Å². The number of hydrogen-bond acceptors (Lipinski definition) is 4. The molecule has 2 heterocycles. The second kappa shape index (κ2) is 9.54. The molecular weight excluding hydrogens is 338 g/mol. The Morgan fingerprint density at radius 3 is 2.63 bits per heavy atom. The van der Waals surface area contributed by atoms with Gasteiger partial charge >= 0.3 is 6.09 Å². The van der Waals surface area contributed by atoms with Crippen molar-refractivity contribution >= 4 is 11.9 Å². The van der Waals surface area contributed by atoms with Crippen molar-refractivity contribution in [3.05, 3.63) is 23.9 Å². The van der Waals surface area contributed by atoms with Gasteiger partial charge in [0.15, 0.2) is 0 Å². The van der Waals surface area contributed by atoms with Gasteiger partial charge in [-0.2, -0.15) is 0 Å². The number of nitrogens with zero attached hydrogens (tertiary/aromatic N) is 3. The third-order valence-corrected chi connectivity index (χ3v) is 5.15. The van der Waals surface area contributed by atoms with Crippen molar-refractivity contribution in [3.8, 4) is 0 Å². The Balaban J connectivity index is 2.22. The van der Waals surface area contributed by atoms with E-state index < -0.39 is 5.60 Å². The van der Waals surface area contributed by atoms with Crippen LogP contribution in [0.25, 0.3) is 0 Å². The van der Waals surface area contributed by atoms with Crippen LogP contribution in [0, 0.1) is 0 Å². The molecule has 1 amide bonds. The molecule has 0 unspecified atom stereocenters. The van der Waals surface area contributed by atoms with E-state index >= 15 is 0 Å². The number of carbonyl (C=O) groups is 1. The SMILES string of the molecule is CCCN1CCCC[C@H]1c1ccc(N(C(=O)OC(C)(C)C)[C@H](C)CC)nc1. The van der Waals surface area contributed by atoms with E-state index in [0.717, 1.165) is 19.5 Å². The molecule has 1 saturated heterocycles. The summed E-state index contributed by atoms with van der Waals surface area (Å²) in [5.41, 5.74) is 0.728. The van der Waals surface area contributed by atoms with Gasteiger partial charge in [0.2, 0.25) is 0 Å². The van der Waals surface area contributed by atoms with Crippen molar-refractivity contribution in [2.75, 3.05) is 18.0 Å². The van der Waals surface area contributed by atoms with Gasteiger partial charge in [-0.05, 0) is 78.1 Å². The average molecular weight is 376 g/mol. The van der Waals surface area contributed by atoms with E-state index in [1.807, 2.05) is 40.0 Å². The van der Waals surface area contributed by atoms with Crippen LogP contribution in [0.4, 0.5) is 10.6 Å². The van der Waals surface area contributed by atoms with Crippen molar-refractivity contribution in [3.63, 3.8) is 0 Å². The van der Waals surface area contributed by atoms with Gasteiger partial charge in [-0.3, -0.25) is 9.80 Å². The van der Waals surface area contributed by atoms with Crippen LogP contribution in [0.1, 0.15) is 85.3 Å². The lowest BCUT2D eigenvalue weighted by molar-refractivity contribution is 0.0566. The minimum atomic E-state index is -0.522. The lowest BCUT2D eigenvalue weighted by Crippen LogP contribution is -2.42. The molecule has 0 radical (unpaired) electrons. The molecule has 1 aliphatic heterocycles. The molecule has 152 valence electrons. The number of ether oxygens (including phenoxy) is 1. The number of anilines is 1. The molecule has 0 N–H and O–H groups in total. The third-order valence-electron chi connectivity index (χ3n) is 5.15. The minimum absolute atomic E-state index is 0.0319. The smallest absolute Gasteiger partial charge is 0.416 e. The Hall–Kier alpha value is -1.62. The summed E-state index contributed by atoms with van der Waals surface area (Å²) in [7, 11) is 0. The molecule has 0 saturated carbocycles. The van der Waals surface area contributed by atoms with Crippen LogP contribution in [-0.2, 0) is 4.74 Å². The Labute approximate surface area is 165 Å². The van der Waals surface area contributed by atoms with Gasteiger partial charge in [-0.25, -0.2) is 9.78 Å². The van der Waals surface area contributed by atoms with Crippen LogP contribution in [-0.4, -0.2) is 40.7 Å². The Bertz CT molecular complexity index is 593. The molecule has 1 aromatic rings. The van der Waals surface area contributed by atoms with Crippen LogP contribution < -0.4 is 4.90 Å². The topological polar surface area (TPSA) is 45.7 Å². The van der Waals surface area contributed by atoms with E-state index in [1.165, 1.54) is 31.2 Å². The summed E-state index contributed by atoms with van der Waals surface area (Å²) in [6.07, 6.45) is 7.36. The van der Waals surface area contributed by atoms with E-state index in [1.54, 1.807) is 4.90 Å². The van der Waals surface area contributed by atoms with Crippen LogP contribution in [0.3, 0.4) is 0 Å². The molecule has 1 aliphatic rings. The molecule has 5 nitrogen and oxygen atoms in total. The first kappa shape index (κ1) is 21.7. The monoisotopic (exact) mass is 375 g/mol. The van der Waals surface area contributed by atoms with Crippen LogP contribution in [0.2, 0.25) is 0 Å². The standard InChI is InChI=1S/C22H37N3O2/c1-7-14-24-15-10-9-11-19(24)18-12-13-20(23-16-18)25(17(3)8-2)21(26)27-22(4,5)6/h12-13,16-17,19H,7-11,14-15H2,1-6H3/t17-,19+/m1/s1. The number of rotatable bonds is 6. The average Bonchev–Trinajstić information content (AvgIpc) is 2.61. The molecule has 0 spiro atoms. The highest BCUT2D eigenvalue weighted by molar-refractivity contribution is 5.87. The van der Waals surface area contributed by atoms with Gasteiger partial charge in [0, 0.05) is 18.3 Å². The minimum Gasteiger partial charge on any atom is -0.443 e. The molecule has 0 aliphatic carbocycles. The molecule has 0 aromatic carbocycles. The van der Waals surface area contributed by atoms with Crippen LogP contribution >= 0.6 is 0 Å². The molecule has 5 heteroatoms. The second-order valence-corrected chi connectivity index (χ2v) is 8.60. The highest BCUT2D eigenvalue weighted by Gasteiger charge is 2.28. The summed E-state index contributed by atoms with van der Waals surface area (Å²) in [6.45, 7) is 14.3. The predicted molar refractivity (Wildman–Crippen MR) is 111 cm³/mol. The molecule has 1 aromatic heterocycles. The molecule has 2 atom stereocenters. The van der Waals surface area contributed by atoms with Gasteiger partial charge in [0.25, 0.3) is 0 Å². The predicted octanol–water partition coefficient (Wildman–Crippen LogP) is 5.56. The van der Waals surface area contributed by atoms with Gasteiger partial charge < -0.3 is 4.74 Å². The molecule has 2 rings (SSSR count). The molecule has 0 bridgehead atoms. The Morgan fingerprint density at radius 1 is 1.33 bits per heavy atom. The fraction of sp³-hybridized carbons (Fsp3) is 0.727. The van der Waals surface area contributed by atoms with Crippen molar-refractivity contribution in [2.45, 2.75) is 91.3 Å². The maximum atomic E-state index is 12.7. The maximum absolute atomic E-state index is 12.7. The van der Waals surface area contributed by atoms with Gasteiger partial charge in [-0.15, -0.1) is 0 Å². The quantitative estimate of drug-likeness (QED) is 0.653. The third kappa shape index (κ3) is 5.93. The van der Waals surface area contributed by atoms with Crippen LogP contribution in [0.15, 0.2) is 18.3 Å². The lowest BCUT2D eigenvalue weighted by atomic mass is 9.96. The highest BCUT2D eigenvalue weighted by Crippen LogP contribution is 2.31. The number of pyridine rings is 1. The van der Waals surface area contributed by atoms with Gasteiger partial charge in [-0.1, -0.05) is 26.3 Å². The number of aromatic nitrogens is 1. The highest BCUT2D eigenvalue weighted by atomic mass is 16.6. The van der Waals surface area contributed by atoms with E-state index in [2.05, 4.69) is 29.8 Å². The number of amides is 1. The summed E-state index contributed by atoms with van der Waals surface area (Å²) in [5, 5.41) is 0. The maximum Gasteiger partial charge on any atom is 0.416 e. The van der Waals surface area contributed by atoms with E-state index in [0.29, 0.717) is 11.9 Å². The number of carbonyl (C=O) groups excluding carboxylic acids is 1. The van der Waals surface area contributed by atoms with E-state index in [-0.39, 0.29) is 12.1 Å². The van der Waals surface area contributed by atoms with Crippen molar-refractivity contribution in [1.29, 1.82) is 0 Å². The fourth-order valence-corrected chi connectivity index (χ4v) is 3.65. The molecule has 27 heavy (non-hydrogen) atoms. The summed E-state index contributed by atoms with van der Waals surface area (Å²) in [6, 6.07) is 4.59. The zero-order chi connectivity index (χ0) is 20.0. The van der Waals surface area contributed by atoms with E-state index in [9.17, 15) is 4.79 Å². The lowest BCUT2D eigenvalue weighted by Gasteiger charge is -2.36. The van der Waals surface area contributed by atoms with Crippen molar-refractivity contribution < 1.29 is 9.53 Å². The Kier molecular flexibility index (Phi) is 7.66. The first-order chi connectivity index (χ1) is 12.8. The number of hydrogen-bond donors (Lipinski definition) is 0. The van der Waals surface area contributed by atoms with Crippen molar-refractivity contribution in [2.24, 2.45) is 0 Å². The zero-order valence-electron chi connectivity index (χ0n) is 18.0. The first-order valence-corrected chi connectivity index (χ1v) is 10.5. The largest absolute Gasteiger partial charge is 0.443 e.